The van der Waals surface area contributed by atoms with Crippen molar-refractivity contribution in [2.24, 2.45) is 0 Å². The Bertz CT molecular complexity index is 734. The second-order valence-corrected chi connectivity index (χ2v) is 6.65. The molecule has 5 heteroatoms. The second-order valence-electron chi connectivity index (χ2n) is 5.74. The molecule has 0 aliphatic heterocycles. The highest BCUT2D eigenvalue weighted by molar-refractivity contribution is 9.10. The molecule has 0 radical (unpaired) electrons. The molecule has 3 nitrogen and oxygen atoms in total. The van der Waals surface area contributed by atoms with Crippen LogP contribution in [0.2, 0.25) is 0 Å². The quantitative estimate of drug-likeness (QED) is 0.613. The van der Waals surface area contributed by atoms with E-state index in [0.717, 1.165) is 5.56 Å². The molecule has 0 aromatic heterocycles. The van der Waals surface area contributed by atoms with Crippen LogP contribution in [0.5, 0.6) is 0 Å². The molecule has 1 N–H and O–H groups in total. The molecule has 0 aliphatic carbocycles. The summed E-state index contributed by atoms with van der Waals surface area (Å²) in [6, 6.07) is 14.1. The number of carbonyl (C=O) groups is 1. The van der Waals surface area contributed by atoms with Crippen LogP contribution in [-0.2, 0) is 16.1 Å². The lowest BCUT2D eigenvalue weighted by molar-refractivity contribution is -0.119. The standard InChI is InChI=1S/C20H21BrFNO2/c1-14(18-9-8-17(21)12-19(18)22)23-20(15(2)24)10-11-25-13-16-6-4-3-5-7-16/h3-9,12,20,23H,1,10-11,13H2,2H3. The van der Waals surface area contributed by atoms with Crippen molar-refractivity contribution in [1.29, 1.82) is 0 Å². The minimum atomic E-state index is -0.466. The number of ketones is 1. The summed E-state index contributed by atoms with van der Waals surface area (Å²) in [7, 11) is 0. The summed E-state index contributed by atoms with van der Waals surface area (Å²) in [4.78, 5) is 11.9. The van der Waals surface area contributed by atoms with E-state index in [1.165, 1.54) is 13.0 Å². The first-order valence-electron chi connectivity index (χ1n) is 8.00. The Morgan fingerprint density at radius 1 is 1.28 bits per heavy atom. The average Bonchev–Trinajstić information content (AvgIpc) is 2.58. The summed E-state index contributed by atoms with van der Waals surface area (Å²) in [5.41, 5.74) is 1.81. The summed E-state index contributed by atoms with van der Waals surface area (Å²) < 4.78 is 20.3. The lowest BCUT2D eigenvalue weighted by Gasteiger charge is -2.19. The molecular weight excluding hydrogens is 385 g/mol. The maximum Gasteiger partial charge on any atom is 0.152 e. The van der Waals surface area contributed by atoms with Crippen LogP contribution >= 0.6 is 15.9 Å². The maximum absolute atomic E-state index is 14.0. The van der Waals surface area contributed by atoms with Gasteiger partial charge in [-0.15, -0.1) is 0 Å². The van der Waals surface area contributed by atoms with Crippen molar-refractivity contribution in [3.63, 3.8) is 0 Å². The Hall–Kier alpha value is -1.98. The number of nitrogens with one attached hydrogen (secondary N) is 1. The first-order valence-corrected chi connectivity index (χ1v) is 8.79. The van der Waals surface area contributed by atoms with Gasteiger partial charge in [-0.3, -0.25) is 4.79 Å². The maximum atomic E-state index is 14.0. The lowest BCUT2D eigenvalue weighted by Crippen LogP contribution is -2.35. The molecule has 0 saturated heterocycles. The first-order chi connectivity index (χ1) is 12.0. The first kappa shape index (κ1) is 19.3. The highest BCUT2D eigenvalue weighted by Gasteiger charge is 2.16. The van der Waals surface area contributed by atoms with Crippen LogP contribution in [-0.4, -0.2) is 18.4 Å². The number of halogens is 2. The smallest absolute Gasteiger partial charge is 0.152 e. The zero-order valence-electron chi connectivity index (χ0n) is 14.1. The van der Waals surface area contributed by atoms with Crippen LogP contribution in [0.4, 0.5) is 4.39 Å². The van der Waals surface area contributed by atoms with Crippen molar-refractivity contribution in [3.05, 3.63) is 76.5 Å². The number of benzene rings is 2. The zero-order valence-corrected chi connectivity index (χ0v) is 15.7. The van der Waals surface area contributed by atoms with Crippen molar-refractivity contribution >= 4 is 27.4 Å². The molecule has 1 atom stereocenters. The molecule has 2 aromatic carbocycles. The van der Waals surface area contributed by atoms with E-state index in [-0.39, 0.29) is 5.78 Å². The summed E-state index contributed by atoms with van der Waals surface area (Å²) in [5, 5.41) is 3.01. The minimum Gasteiger partial charge on any atom is -0.377 e. The van der Waals surface area contributed by atoms with Crippen molar-refractivity contribution in [1.82, 2.24) is 5.32 Å². The lowest BCUT2D eigenvalue weighted by atomic mass is 10.1. The molecule has 2 aromatic rings. The largest absolute Gasteiger partial charge is 0.377 e. The summed E-state index contributed by atoms with van der Waals surface area (Å²) in [5.74, 6) is -0.434. The number of carbonyl (C=O) groups excluding carboxylic acids is 1. The molecule has 1 unspecified atom stereocenters. The molecule has 132 valence electrons. The van der Waals surface area contributed by atoms with Gasteiger partial charge in [-0.05, 0) is 37.1 Å². The Labute approximate surface area is 156 Å². The monoisotopic (exact) mass is 405 g/mol. The van der Waals surface area contributed by atoms with Gasteiger partial charge < -0.3 is 10.1 Å². The van der Waals surface area contributed by atoms with Crippen molar-refractivity contribution in [2.75, 3.05) is 6.61 Å². The zero-order chi connectivity index (χ0) is 18.2. The predicted molar refractivity (Wildman–Crippen MR) is 101 cm³/mol. The van der Waals surface area contributed by atoms with E-state index < -0.39 is 11.9 Å². The molecule has 0 spiro atoms. The van der Waals surface area contributed by atoms with Gasteiger partial charge in [0.2, 0.25) is 0 Å². The molecule has 0 heterocycles. The van der Waals surface area contributed by atoms with Crippen molar-refractivity contribution in [2.45, 2.75) is 26.0 Å². The SMILES string of the molecule is C=C(NC(CCOCc1ccccc1)C(C)=O)c1ccc(Br)cc1F. The number of Topliss-reactive ketones (excluding diaryl/α,β-unsaturated/α-hetero) is 1. The van der Waals surface area contributed by atoms with Gasteiger partial charge in [-0.25, -0.2) is 4.39 Å². The third kappa shape index (κ3) is 6.11. The van der Waals surface area contributed by atoms with E-state index >= 15 is 0 Å². The number of ether oxygens (including phenoxy) is 1. The molecule has 0 fully saturated rings. The molecule has 0 aliphatic rings. The van der Waals surface area contributed by atoms with Gasteiger partial charge in [-0.1, -0.05) is 52.8 Å². The van der Waals surface area contributed by atoms with Crippen LogP contribution in [0, 0.1) is 5.82 Å². The number of hydrogen-bond acceptors (Lipinski definition) is 3. The topological polar surface area (TPSA) is 38.3 Å². The van der Waals surface area contributed by atoms with Crippen molar-refractivity contribution in [3.8, 4) is 0 Å². The van der Waals surface area contributed by atoms with Gasteiger partial charge in [-0.2, -0.15) is 0 Å². The fourth-order valence-corrected chi connectivity index (χ4v) is 2.70. The number of rotatable bonds is 9. The fourth-order valence-electron chi connectivity index (χ4n) is 2.36. The molecule has 0 amide bonds. The third-order valence-corrected chi connectivity index (χ3v) is 4.25. The predicted octanol–water partition coefficient (Wildman–Crippen LogP) is 4.71. The summed E-state index contributed by atoms with van der Waals surface area (Å²) in [6.45, 7) is 6.27. The minimum absolute atomic E-state index is 0.0398. The molecule has 2 rings (SSSR count). The van der Waals surface area contributed by atoms with E-state index in [2.05, 4.69) is 27.8 Å². The van der Waals surface area contributed by atoms with Gasteiger partial charge >= 0.3 is 0 Å². The van der Waals surface area contributed by atoms with Gasteiger partial charge in [0.15, 0.2) is 5.78 Å². The Balaban J connectivity index is 1.87. The van der Waals surface area contributed by atoms with Gasteiger partial charge in [0, 0.05) is 22.3 Å². The third-order valence-electron chi connectivity index (χ3n) is 3.76. The van der Waals surface area contributed by atoms with E-state index in [4.69, 9.17) is 4.74 Å². The normalized spacial score (nSPS) is 11.8. The van der Waals surface area contributed by atoms with Crippen LogP contribution in [0.3, 0.4) is 0 Å². The van der Waals surface area contributed by atoms with E-state index in [9.17, 15) is 9.18 Å². The van der Waals surface area contributed by atoms with E-state index in [0.29, 0.717) is 35.4 Å². The van der Waals surface area contributed by atoms with Crippen LogP contribution < -0.4 is 5.32 Å². The van der Waals surface area contributed by atoms with Gasteiger partial charge in [0.25, 0.3) is 0 Å². The molecule has 0 bridgehead atoms. The fraction of sp³-hybridized carbons (Fsp3) is 0.250. The number of hydrogen-bond donors (Lipinski definition) is 1. The van der Waals surface area contributed by atoms with Crippen LogP contribution in [0.15, 0.2) is 59.6 Å². The van der Waals surface area contributed by atoms with E-state index in [1.54, 1.807) is 12.1 Å². The molecule has 0 saturated carbocycles. The Morgan fingerprint density at radius 3 is 2.64 bits per heavy atom. The Kier molecular flexibility index (Phi) is 7.34. The molecule has 25 heavy (non-hydrogen) atoms. The van der Waals surface area contributed by atoms with Crippen LogP contribution in [0.1, 0.15) is 24.5 Å². The van der Waals surface area contributed by atoms with Crippen molar-refractivity contribution < 1.29 is 13.9 Å². The highest BCUT2D eigenvalue weighted by Crippen LogP contribution is 2.20. The van der Waals surface area contributed by atoms with Gasteiger partial charge in [0.05, 0.1) is 12.6 Å². The van der Waals surface area contributed by atoms with Crippen LogP contribution in [0.25, 0.3) is 5.70 Å². The second kappa shape index (κ2) is 9.49. The summed E-state index contributed by atoms with van der Waals surface area (Å²) >= 11 is 3.22. The molecular formula is C20H21BrFNO2. The average molecular weight is 406 g/mol. The van der Waals surface area contributed by atoms with E-state index in [1.807, 2.05) is 30.3 Å². The highest BCUT2D eigenvalue weighted by atomic mass is 79.9. The summed E-state index contributed by atoms with van der Waals surface area (Å²) in [6.07, 6.45) is 0.485. The Morgan fingerprint density at radius 2 is 2.00 bits per heavy atom. The van der Waals surface area contributed by atoms with Gasteiger partial charge in [0.1, 0.15) is 5.82 Å².